The highest BCUT2D eigenvalue weighted by atomic mass is 16.6. The van der Waals surface area contributed by atoms with Gasteiger partial charge in [-0.05, 0) is 6.42 Å². The van der Waals surface area contributed by atoms with E-state index in [1.165, 1.54) is 6.33 Å². The summed E-state index contributed by atoms with van der Waals surface area (Å²) in [6, 6.07) is 0. The summed E-state index contributed by atoms with van der Waals surface area (Å²) < 4.78 is 7.15. The second-order valence-corrected chi connectivity index (χ2v) is 5.75. The van der Waals surface area contributed by atoms with Crippen LogP contribution in [0.5, 0.6) is 0 Å². The molecule has 0 bridgehead atoms. The molecule has 10 nitrogen and oxygen atoms in total. The van der Waals surface area contributed by atoms with Crippen molar-refractivity contribution >= 4 is 22.9 Å². The first-order valence-electron chi connectivity index (χ1n) is 7.93. The lowest BCUT2D eigenvalue weighted by atomic mass is 10.1. The van der Waals surface area contributed by atoms with Gasteiger partial charge in [0, 0.05) is 6.54 Å². The topological polar surface area (TPSA) is 152 Å². The molecule has 0 aromatic carbocycles. The van der Waals surface area contributed by atoms with Gasteiger partial charge in [-0.3, -0.25) is 4.57 Å². The van der Waals surface area contributed by atoms with E-state index < -0.39 is 31.1 Å². The number of aliphatic hydroxyl groups excluding tert-OH is 3. The summed E-state index contributed by atoms with van der Waals surface area (Å²) in [5.74, 6) is 0.629. The third kappa shape index (κ3) is 2.77. The molecule has 0 unspecified atom stereocenters. The zero-order valence-electron chi connectivity index (χ0n) is 13.3. The minimum Gasteiger partial charge on any atom is -0.394 e. The zero-order valence-corrected chi connectivity index (χ0v) is 13.3. The summed E-state index contributed by atoms with van der Waals surface area (Å²) in [6.45, 7) is 2.33. The van der Waals surface area contributed by atoms with E-state index in [9.17, 15) is 15.3 Å². The van der Waals surface area contributed by atoms with Gasteiger partial charge in [0.05, 0.1) is 6.61 Å². The van der Waals surface area contributed by atoms with Gasteiger partial charge in [0.15, 0.2) is 23.2 Å². The number of anilines is 2. The molecule has 0 spiro atoms. The van der Waals surface area contributed by atoms with Crippen LogP contribution >= 0.6 is 0 Å². The number of aliphatic hydroxyl groups is 3. The first kappa shape index (κ1) is 16.8. The molecular formula is C14H22N6O4. The number of hydrogen-bond donors (Lipinski definition) is 5. The van der Waals surface area contributed by atoms with Crippen LogP contribution < -0.4 is 11.1 Å². The quantitative estimate of drug-likeness (QED) is 0.428. The molecule has 132 valence electrons. The Morgan fingerprint density at radius 1 is 1.33 bits per heavy atom. The van der Waals surface area contributed by atoms with Crippen LogP contribution in [0.2, 0.25) is 0 Å². The van der Waals surface area contributed by atoms with Crippen LogP contribution in [-0.2, 0) is 4.74 Å². The second-order valence-electron chi connectivity index (χ2n) is 5.75. The molecule has 1 aliphatic rings. The van der Waals surface area contributed by atoms with Gasteiger partial charge in [-0.2, -0.15) is 0 Å². The summed E-state index contributed by atoms with van der Waals surface area (Å²) in [7, 11) is 0. The van der Waals surface area contributed by atoms with Crippen LogP contribution in [0.15, 0.2) is 6.33 Å². The van der Waals surface area contributed by atoms with Gasteiger partial charge in [-0.25, -0.2) is 15.0 Å². The largest absolute Gasteiger partial charge is 0.394 e. The first-order valence-corrected chi connectivity index (χ1v) is 7.93. The SMILES string of the molecule is CCCCNc1nc2c(N)ncnc2n1[C@H]1O[C@@H](CO)[C@@H](O)[C@@H]1O. The van der Waals surface area contributed by atoms with E-state index >= 15 is 0 Å². The number of nitrogens with two attached hydrogens (primary N) is 1. The van der Waals surface area contributed by atoms with E-state index in [0.29, 0.717) is 23.7 Å². The summed E-state index contributed by atoms with van der Waals surface area (Å²) >= 11 is 0. The van der Waals surface area contributed by atoms with Gasteiger partial charge in [-0.1, -0.05) is 13.3 Å². The number of ether oxygens (including phenoxy) is 1. The second kappa shape index (κ2) is 6.85. The maximum absolute atomic E-state index is 10.3. The number of fused-ring (bicyclic) bond motifs is 1. The normalized spacial score (nSPS) is 27.0. The summed E-state index contributed by atoms with van der Waals surface area (Å²) in [5, 5.41) is 32.8. The highest BCUT2D eigenvalue weighted by Crippen LogP contribution is 2.34. The fraction of sp³-hybridized carbons (Fsp3) is 0.643. The lowest BCUT2D eigenvalue weighted by molar-refractivity contribution is -0.0501. The lowest BCUT2D eigenvalue weighted by Crippen LogP contribution is -2.33. The molecule has 1 aliphatic heterocycles. The Morgan fingerprint density at radius 3 is 2.79 bits per heavy atom. The number of nitrogens with one attached hydrogen (secondary N) is 1. The Morgan fingerprint density at radius 2 is 2.12 bits per heavy atom. The van der Waals surface area contributed by atoms with Gasteiger partial charge < -0.3 is 31.1 Å². The van der Waals surface area contributed by atoms with E-state index in [4.69, 9.17) is 10.5 Å². The van der Waals surface area contributed by atoms with Gasteiger partial charge in [0.1, 0.15) is 24.6 Å². The van der Waals surface area contributed by atoms with Crippen LogP contribution in [0.4, 0.5) is 11.8 Å². The first-order chi connectivity index (χ1) is 11.6. The molecule has 0 aliphatic carbocycles. The lowest BCUT2D eigenvalue weighted by Gasteiger charge is -2.19. The monoisotopic (exact) mass is 338 g/mol. The molecule has 2 aromatic heterocycles. The van der Waals surface area contributed by atoms with Crippen molar-refractivity contribution in [3.05, 3.63) is 6.33 Å². The van der Waals surface area contributed by atoms with Crippen molar-refractivity contribution in [3.8, 4) is 0 Å². The maximum atomic E-state index is 10.3. The summed E-state index contributed by atoms with van der Waals surface area (Å²) in [5.41, 5.74) is 6.63. The Hall–Kier alpha value is -2.01. The third-order valence-corrected chi connectivity index (χ3v) is 4.09. The number of nitrogen functional groups attached to an aromatic ring is 1. The Bertz CT molecular complexity index is 708. The van der Waals surface area contributed by atoms with Crippen molar-refractivity contribution in [2.45, 2.75) is 44.3 Å². The molecule has 10 heteroatoms. The van der Waals surface area contributed by atoms with Crippen molar-refractivity contribution in [2.24, 2.45) is 0 Å². The van der Waals surface area contributed by atoms with Crippen molar-refractivity contribution in [2.75, 3.05) is 24.2 Å². The van der Waals surface area contributed by atoms with Crippen molar-refractivity contribution in [1.82, 2.24) is 19.5 Å². The van der Waals surface area contributed by atoms with Crippen molar-refractivity contribution < 1.29 is 20.1 Å². The Kier molecular flexibility index (Phi) is 4.81. The predicted octanol–water partition coefficient (Wildman–Crippen LogP) is -0.768. The average molecular weight is 338 g/mol. The number of unbranched alkanes of at least 4 members (excludes halogenated alkanes) is 1. The fourth-order valence-corrected chi connectivity index (χ4v) is 2.76. The van der Waals surface area contributed by atoms with Gasteiger partial charge in [-0.15, -0.1) is 0 Å². The van der Waals surface area contributed by atoms with E-state index in [-0.39, 0.29) is 5.82 Å². The molecule has 1 saturated heterocycles. The predicted molar refractivity (Wildman–Crippen MR) is 86.1 cm³/mol. The Labute approximate surface area is 138 Å². The molecule has 24 heavy (non-hydrogen) atoms. The molecule has 2 aromatic rings. The highest BCUT2D eigenvalue weighted by molar-refractivity contribution is 5.84. The molecule has 6 N–H and O–H groups in total. The number of rotatable bonds is 6. The van der Waals surface area contributed by atoms with Crippen LogP contribution in [0.3, 0.4) is 0 Å². The van der Waals surface area contributed by atoms with E-state index in [0.717, 1.165) is 12.8 Å². The van der Waals surface area contributed by atoms with Crippen LogP contribution in [0, 0.1) is 0 Å². The zero-order chi connectivity index (χ0) is 17.3. The Balaban J connectivity index is 2.04. The molecule has 3 heterocycles. The number of aromatic nitrogens is 4. The molecule has 0 radical (unpaired) electrons. The summed E-state index contributed by atoms with van der Waals surface area (Å²) in [6.07, 6.45) is -1.04. The number of imidazole rings is 1. The van der Waals surface area contributed by atoms with E-state index in [1.807, 2.05) is 0 Å². The summed E-state index contributed by atoms with van der Waals surface area (Å²) in [4.78, 5) is 12.5. The van der Waals surface area contributed by atoms with Crippen molar-refractivity contribution in [3.63, 3.8) is 0 Å². The number of nitrogens with zero attached hydrogens (tertiary/aromatic N) is 4. The van der Waals surface area contributed by atoms with Crippen LogP contribution in [-0.4, -0.2) is 66.3 Å². The van der Waals surface area contributed by atoms with Crippen LogP contribution in [0.25, 0.3) is 11.2 Å². The molecule has 0 amide bonds. The third-order valence-electron chi connectivity index (χ3n) is 4.09. The molecule has 3 rings (SSSR count). The fourth-order valence-electron chi connectivity index (χ4n) is 2.76. The van der Waals surface area contributed by atoms with Gasteiger partial charge >= 0.3 is 0 Å². The smallest absolute Gasteiger partial charge is 0.207 e. The van der Waals surface area contributed by atoms with E-state index in [2.05, 4.69) is 27.2 Å². The molecule has 1 fully saturated rings. The average Bonchev–Trinajstić information content (AvgIpc) is 3.07. The van der Waals surface area contributed by atoms with Gasteiger partial charge in [0.25, 0.3) is 0 Å². The highest BCUT2D eigenvalue weighted by Gasteiger charge is 2.45. The van der Waals surface area contributed by atoms with Gasteiger partial charge in [0.2, 0.25) is 5.95 Å². The minimum absolute atomic E-state index is 0.212. The maximum Gasteiger partial charge on any atom is 0.207 e. The number of hydrogen-bond acceptors (Lipinski definition) is 9. The van der Waals surface area contributed by atoms with Crippen molar-refractivity contribution in [1.29, 1.82) is 0 Å². The standard InChI is InChI=1S/C14H22N6O4/c1-2-3-4-16-14-19-8-11(15)17-6-18-12(8)20(14)13-10(23)9(22)7(5-21)24-13/h6-7,9-10,13,21-23H,2-5H2,1H3,(H,16,19)(H2,15,17,18)/t7-,9+,10-,13-/m0/s1. The van der Waals surface area contributed by atoms with Crippen LogP contribution in [0.1, 0.15) is 26.0 Å². The molecule has 4 atom stereocenters. The molecule has 0 saturated carbocycles. The molecular weight excluding hydrogens is 316 g/mol. The minimum atomic E-state index is -1.23. The van der Waals surface area contributed by atoms with E-state index in [1.54, 1.807) is 4.57 Å².